The highest BCUT2D eigenvalue weighted by Gasteiger charge is 2.34. The van der Waals surface area contributed by atoms with Crippen molar-refractivity contribution in [3.05, 3.63) is 34.6 Å². The molecule has 116 valence electrons. The molecule has 5 nitrogen and oxygen atoms in total. The Kier molecular flexibility index (Phi) is 3.50. The molecule has 1 aromatic heterocycles. The van der Waals surface area contributed by atoms with Gasteiger partial charge in [0.15, 0.2) is 0 Å². The second kappa shape index (κ2) is 5.52. The Hall–Kier alpha value is -1.66. The summed E-state index contributed by atoms with van der Waals surface area (Å²) in [6.45, 7) is 3.89. The number of carbonyl (C=O) groups excluding carboxylic acids is 1. The molecule has 0 unspecified atom stereocenters. The first kappa shape index (κ1) is 14.0. The van der Waals surface area contributed by atoms with E-state index < -0.39 is 0 Å². The van der Waals surface area contributed by atoms with Gasteiger partial charge in [-0.3, -0.25) is 14.5 Å². The first-order valence-corrected chi connectivity index (χ1v) is 8.60. The van der Waals surface area contributed by atoms with E-state index >= 15 is 0 Å². The molecule has 0 radical (unpaired) electrons. The molecule has 6 heteroatoms. The van der Waals surface area contributed by atoms with Crippen LogP contribution in [-0.4, -0.2) is 45.8 Å². The standard InChI is InChI=1S/C16H19N3O2S/c20-15(12-5-6-12)18-9-7-17(8-10-18)11-19-16(21)13-3-1-2-4-14(13)22-19/h1-4,12H,5-11H2. The van der Waals surface area contributed by atoms with Crippen molar-refractivity contribution in [3.8, 4) is 0 Å². The number of hydrogen-bond acceptors (Lipinski definition) is 4. The van der Waals surface area contributed by atoms with Crippen LogP contribution in [0.5, 0.6) is 0 Å². The van der Waals surface area contributed by atoms with Gasteiger partial charge >= 0.3 is 0 Å². The molecule has 1 aliphatic carbocycles. The monoisotopic (exact) mass is 317 g/mol. The summed E-state index contributed by atoms with van der Waals surface area (Å²) in [5.41, 5.74) is 0.0945. The van der Waals surface area contributed by atoms with Crippen LogP contribution in [0.4, 0.5) is 0 Å². The SMILES string of the molecule is O=C(C1CC1)N1CCN(Cn2sc3ccccc3c2=O)CC1. The Labute approximate surface area is 132 Å². The minimum Gasteiger partial charge on any atom is -0.340 e. The Balaban J connectivity index is 1.42. The van der Waals surface area contributed by atoms with Crippen molar-refractivity contribution in [1.82, 2.24) is 13.8 Å². The van der Waals surface area contributed by atoms with Gasteiger partial charge in [0.05, 0.1) is 16.8 Å². The Bertz CT molecular complexity index is 754. The molecule has 0 spiro atoms. The number of rotatable bonds is 3. The van der Waals surface area contributed by atoms with Crippen LogP contribution in [0, 0.1) is 5.92 Å². The van der Waals surface area contributed by atoms with Gasteiger partial charge in [-0.1, -0.05) is 23.7 Å². The fourth-order valence-electron chi connectivity index (χ4n) is 2.99. The van der Waals surface area contributed by atoms with E-state index in [2.05, 4.69) is 4.90 Å². The van der Waals surface area contributed by atoms with E-state index in [0.717, 1.165) is 49.1 Å². The van der Waals surface area contributed by atoms with Crippen LogP contribution in [-0.2, 0) is 11.5 Å². The third kappa shape index (κ3) is 2.57. The van der Waals surface area contributed by atoms with Gasteiger partial charge in [-0.2, -0.15) is 0 Å². The molecule has 1 saturated carbocycles. The number of hydrogen-bond donors (Lipinski definition) is 0. The quantitative estimate of drug-likeness (QED) is 0.863. The topological polar surface area (TPSA) is 45.6 Å². The zero-order valence-electron chi connectivity index (χ0n) is 12.4. The molecule has 2 aromatic rings. The third-order valence-corrected chi connectivity index (χ3v) is 5.55. The van der Waals surface area contributed by atoms with Crippen LogP contribution >= 0.6 is 11.5 Å². The largest absolute Gasteiger partial charge is 0.340 e. The van der Waals surface area contributed by atoms with E-state index in [0.29, 0.717) is 18.5 Å². The molecule has 1 amide bonds. The number of benzene rings is 1. The van der Waals surface area contributed by atoms with E-state index in [1.165, 1.54) is 11.5 Å². The van der Waals surface area contributed by atoms with Crippen molar-refractivity contribution < 1.29 is 4.79 Å². The maximum atomic E-state index is 12.4. The lowest BCUT2D eigenvalue weighted by Gasteiger charge is -2.34. The molecule has 1 saturated heterocycles. The average molecular weight is 317 g/mol. The van der Waals surface area contributed by atoms with Crippen LogP contribution in [0.2, 0.25) is 0 Å². The van der Waals surface area contributed by atoms with E-state index in [1.54, 1.807) is 0 Å². The van der Waals surface area contributed by atoms with E-state index in [-0.39, 0.29) is 5.56 Å². The second-order valence-electron chi connectivity index (χ2n) is 6.13. The van der Waals surface area contributed by atoms with Gasteiger partial charge in [-0.15, -0.1) is 0 Å². The lowest BCUT2D eigenvalue weighted by Crippen LogP contribution is -2.49. The van der Waals surface area contributed by atoms with Gasteiger partial charge in [-0.05, 0) is 25.0 Å². The van der Waals surface area contributed by atoms with Gasteiger partial charge in [0.2, 0.25) is 5.91 Å². The normalized spacial score (nSPS) is 19.7. The number of aromatic nitrogens is 1. The fraction of sp³-hybridized carbons (Fsp3) is 0.500. The molecule has 1 aromatic carbocycles. The van der Waals surface area contributed by atoms with Gasteiger partial charge < -0.3 is 4.90 Å². The van der Waals surface area contributed by atoms with E-state index in [9.17, 15) is 9.59 Å². The summed E-state index contributed by atoms with van der Waals surface area (Å²) in [6.07, 6.45) is 2.13. The predicted octanol–water partition coefficient (Wildman–Crippen LogP) is 1.57. The van der Waals surface area contributed by atoms with E-state index in [1.807, 2.05) is 33.1 Å². The lowest BCUT2D eigenvalue weighted by atomic mass is 10.2. The van der Waals surface area contributed by atoms with Crippen LogP contribution in [0.25, 0.3) is 10.1 Å². The molecule has 2 aliphatic rings. The van der Waals surface area contributed by atoms with Gasteiger partial charge in [-0.25, -0.2) is 3.96 Å². The Morgan fingerprint density at radius 3 is 2.55 bits per heavy atom. The maximum absolute atomic E-state index is 12.4. The molecule has 2 heterocycles. The first-order valence-electron chi connectivity index (χ1n) is 7.82. The molecule has 1 aliphatic heterocycles. The second-order valence-corrected chi connectivity index (χ2v) is 7.19. The third-order valence-electron chi connectivity index (χ3n) is 4.49. The summed E-state index contributed by atoms with van der Waals surface area (Å²) < 4.78 is 2.86. The van der Waals surface area contributed by atoms with Crippen molar-refractivity contribution in [2.75, 3.05) is 26.2 Å². The number of nitrogens with zero attached hydrogens (tertiary/aromatic N) is 3. The summed E-state index contributed by atoms with van der Waals surface area (Å²) >= 11 is 1.52. The molecular formula is C16H19N3O2S. The van der Waals surface area contributed by atoms with Crippen LogP contribution in [0.15, 0.2) is 29.1 Å². The molecule has 0 N–H and O–H groups in total. The summed E-state index contributed by atoms with van der Waals surface area (Å²) in [7, 11) is 0. The Morgan fingerprint density at radius 1 is 1.14 bits per heavy atom. The first-order chi connectivity index (χ1) is 10.7. The zero-order chi connectivity index (χ0) is 15.1. The summed E-state index contributed by atoms with van der Waals surface area (Å²) in [4.78, 5) is 28.7. The fourth-order valence-corrected chi connectivity index (χ4v) is 4.02. The number of carbonyl (C=O) groups is 1. The summed E-state index contributed by atoms with van der Waals surface area (Å²) in [5.74, 6) is 0.635. The number of amides is 1. The molecule has 4 rings (SSSR count). The molecule has 0 atom stereocenters. The van der Waals surface area contributed by atoms with Gasteiger partial charge in [0, 0.05) is 32.1 Å². The van der Waals surface area contributed by atoms with Crippen LogP contribution < -0.4 is 5.56 Å². The highest BCUT2D eigenvalue weighted by Crippen LogP contribution is 2.31. The van der Waals surface area contributed by atoms with Crippen molar-refractivity contribution in [2.24, 2.45) is 5.92 Å². The van der Waals surface area contributed by atoms with Crippen LogP contribution in [0.1, 0.15) is 12.8 Å². The van der Waals surface area contributed by atoms with Crippen LogP contribution in [0.3, 0.4) is 0 Å². The molecule has 22 heavy (non-hydrogen) atoms. The van der Waals surface area contributed by atoms with Crippen molar-refractivity contribution in [2.45, 2.75) is 19.5 Å². The summed E-state index contributed by atoms with van der Waals surface area (Å²) in [5, 5.41) is 0.801. The molecular weight excluding hydrogens is 298 g/mol. The predicted molar refractivity (Wildman–Crippen MR) is 87.0 cm³/mol. The number of piperazine rings is 1. The average Bonchev–Trinajstić information content (AvgIpc) is 3.35. The molecule has 0 bridgehead atoms. The lowest BCUT2D eigenvalue weighted by molar-refractivity contribution is -0.134. The Morgan fingerprint density at radius 2 is 1.86 bits per heavy atom. The van der Waals surface area contributed by atoms with Crippen molar-refractivity contribution in [3.63, 3.8) is 0 Å². The van der Waals surface area contributed by atoms with Crippen molar-refractivity contribution in [1.29, 1.82) is 0 Å². The minimum atomic E-state index is 0.0945. The zero-order valence-corrected chi connectivity index (χ0v) is 13.2. The van der Waals surface area contributed by atoms with E-state index in [4.69, 9.17) is 0 Å². The maximum Gasteiger partial charge on any atom is 0.269 e. The highest BCUT2D eigenvalue weighted by molar-refractivity contribution is 7.13. The van der Waals surface area contributed by atoms with Gasteiger partial charge in [0.25, 0.3) is 5.56 Å². The molecule has 2 fully saturated rings. The minimum absolute atomic E-state index is 0.0945. The van der Waals surface area contributed by atoms with Crippen molar-refractivity contribution >= 4 is 27.5 Å². The summed E-state index contributed by atoms with van der Waals surface area (Å²) in [6, 6.07) is 7.75. The smallest absolute Gasteiger partial charge is 0.269 e. The number of fused-ring (bicyclic) bond motifs is 1. The highest BCUT2D eigenvalue weighted by atomic mass is 32.1. The van der Waals surface area contributed by atoms with Gasteiger partial charge in [0.1, 0.15) is 0 Å².